The Balaban J connectivity index is 2.76. The lowest BCUT2D eigenvalue weighted by Gasteiger charge is -1.95. The van der Waals surface area contributed by atoms with Gasteiger partial charge in [0.1, 0.15) is 5.75 Å². The molecule has 1 aromatic heterocycles. The largest absolute Gasteiger partial charge is 0.505 e. The average Bonchev–Trinajstić information content (AvgIpc) is 2.46. The summed E-state index contributed by atoms with van der Waals surface area (Å²) in [5.74, 6) is 0.216. The number of hydrogen-bond donors (Lipinski definition) is 2. The van der Waals surface area contributed by atoms with Crippen LogP contribution in [0.2, 0.25) is 0 Å². The Morgan fingerprint density at radius 3 is 3.00 bits per heavy atom. The number of thiophene rings is 1. The maximum atomic E-state index is 9.64. The fraction of sp³-hybridized carbons (Fsp3) is 0.100. The Kier molecular flexibility index (Phi) is 2.36. The topological polar surface area (TPSA) is 44.0 Å². The molecule has 0 aliphatic carbocycles. The highest BCUT2D eigenvalue weighted by Crippen LogP contribution is 2.40. The molecule has 0 aliphatic rings. The van der Waals surface area contributed by atoms with E-state index in [-0.39, 0.29) is 5.75 Å². The highest BCUT2D eigenvalue weighted by atomic mass is 32.2. The SMILES string of the molecule is N#CCc1cccc2c(O)c(S)sc12. The third-order valence-electron chi connectivity index (χ3n) is 2.02. The van der Waals surface area contributed by atoms with Gasteiger partial charge in [-0.05, 0) is 11.6 Å². The molecule has 1 N–H and O–H groups in total. The molecule has 4 heteroatoms. The molecule has 1 aromatic carbocycles. The third-order valence-corrected chi connectivity index (χ3v) is 3.58. The average molecular weight is 221 g/mol. The van der Waals surface area contributed by atoms with Crippen molar-refractivity contribution in [1.82, 2.24) is 0 Å². The third kappa shape index (κ3) is 1.35. The van der Waals surface area contributed by atoms with Gasteiger partial charge in [0.2, 0.25) is 0 Å². The number of fused-ring (bicyclic) bond motifs is 1. The van der Waals surface area contributed by atoms with Crippen molar-refractivity contribution in [3.05, 3.63) is 23.8 Å². The van der Waals surface area contributed by atoms with Crippen LogP contribution in [0, 0.1) is 11.3 Å². The number of rotatable bonds is 1. The summed E-state index contributed by atoms with van der Waals surface area (Å²) in [6, 6.07) is 7.68. The van der Waals surface area contributed by atoms with Gasteiger partial charge in [-0.15, -0.1) is 24.0 Å². The molecule has 0 saturated heterocycles. The Morgan fingerprint density at radius 2 is 2.29 bits per heavy atom. The van der Waals surface area contributed by atoms with Gasteiger partial charge >= 0.3 is 0 Å². The van der Waals surface area contributed by atoms with Gasteiger partial charge in [-0.3, -0.25) is 0 Å². The molecule has 0 atom stereocenters. The summed E-state index contributed by atoms with van der Waals surface area (Å²) in [5.41, 5.74) is 0.950. The van der Waals surface area contributed by atoms with Crippen molar-refractivity contribution in [3.8, 4) is 11.8 Å². The first kappa shape index (κ1) is 9.38. The van der Waals surface area contributed by atoms with Gasteiger partial charge in [-0.25, -0.2) is 0 Å². The molecular weight excluding hydrogens is 214 g/mol. The van der Waals surface area contributed by atoms with Gasteiger partial charge in [0.25, 0.3) is 0 Å². The first-order valence-corrected chi connectivity index (χ1v) is 5.29. The van der Waals surface area contributed by atoms with E-state index >= 15 is 0 Å². The first-order valence-electron chi connectivity index (χ1n) is 4.03. The molecule has 2 nitrogen and oxygen atoms in total. The lowest BCUT2D eigenvalue weighted by atomic mass is 10.1. The summed E-state index contributed by atoms with van der Waals surface area (Å²) in [7, 11) is 0. The quantitative estimate of drug-likeness (QED) is 0.727. The van der Waals surface area contributed by atoms with E-state index < -0.39 is 0 Å². The van der Waals surface area contributed by atoms with Crippen molar-refractivity contribution < 1.29 is 5.11 Å². The van der Waals surface area contributed by atoms with E-state index in [1.807, 2.05) is 18.2 Å². The van der Waals surface area contributed by atoms with E-state index in [2.05, 4.69) is 18.7 Å². The molecule has 0 spiro atoms. The van der Waals surface area contributed by atoms with Crippen LogP contribution in [0.25, 0.3) is 10.1 Å². The van der Waals surface area contributed by atoms with Crippen LogP contribution in [-0.2, 0) is 6.42 Å². The van der Waals surface area contributed by atoms with Crippen molar-refractivity contribution in [2.45, 2.75) is 10.6 Å². The standard InChI is InChI=1S/C10H7NOS2/c11-5-4-6-2-1-3-7-8(12)10(13)14-9(6)7/h1-3,12-13H,4H2. The summed E-state index contributed by atoms with van der Waals surface area (Å²) >= 11 is 5.57. The summed E-state index contributed by atoms with van der Waals surface area (Å²) in [5, 5.41) is 19.1. The van der Waals surface area contributed by atoms with E-state index in [0.29, 0.717) is 10.6 Å². The van der Waals surface area contributed by atoms with Crippen LogP contribution in [0.1, 0.15) is 5.56 Å². The van der Waals surface area contributed by atoms with E-state index in [1.165, 1.54) is 11.3 Å². The van der Waals surface area contributed by atoms with Crippen LogP contribution in [0.3, 0.4) is 0 Å². The van der Waals surface area contributed by atoms with Gasteiger partial charge < -0.3 is 5.11 Å². The Morgan fingerprint density at radius 1 is 1.50 bits per heavy atom. The minimum atomic E-state index is 0.216. The summed E-state index contributed by atoms with van der Waals surface area (Å²) in [6.07, 6.45) is 0.366. The van der Waals surface area contributed by atoms with Gasteiger partial charge in [-0.1, -0.05) is 12.1 Å². The molecular formula is C10H7NOS2. The molecule has 0 amide bonds. The predicted molar refractivity (Wildman–Crippen MR) is 60.1 cm³/mol. The normalized spacial score (nSPS) is 10.3. The molecule has 70 valence electrons. The number of nitriles is 1. The smallest absolute Gasteiger partial charge is 0.147 e. The molecule has 0 unspecified atom stereocenters. The molecule has 14 heavy (non-hydrogen) atoms. The predicted octanol–water partition coefficient (Wildman–Crippen LogP) is 2.96. The lowest BCUT2D eigenvalue weighted by Crippen LogP contribution is -1.79. The molecule has 2 aromatic rings. The minimum Gasteiger partial charge on any atom is -0.505 e. The molecule has 0 saturated carbocycles. The van der Waals surface area contributed by atoms with Gasteiger partial charge in [0.05, 0.1) is 16.7 Å². The minimum absolute atomic E-state index is 0.216. The Labute approximate surface area is 90.8 Å². The van der Waals surface area contributed by atoms with E-state index in [0.717, 1.165) is 15.6 Å². The molecule has 0 aliphatic heterocycles. The maximum Gasteiger partial charge on any atom is 0.147 e. The molecule has 2 rings (SSSR count). The second-order valence-electron chi connectivity index (χ2n) is 2.88. The van der Waals surface area contributed by atoms with Crippen molar-refractivity contribution in [1.29, 1.82) is 5.26 Å². The Hall–Kier alpha value is -1.18. The van der Waals surface area contributed by atoms with Crippen LogP contribution in [0.15, 0.2) is 22.4 Å². The fourth-order valence-electron chi connectivity index (χ4n) is 1.38. The highest BCUT2D eigenvalue weighted by Gasteiger charge is 2.10. The van der Waals surface area contributed by atoms with Crippen molar-refractivity contribution >= 4 is 34.1 Å². The molecule has 0 bridgehead atoms. The van der Waals surface area contributed by atoms with Crippen LogP contribution in [-0.4, -0.2) is 5.11 Å². The van der Waals surface area contributed by atoms with Crippen LogP contribution in [0.4, 0.5) is 0 Å². The van der Waals surface area contributed by atoms with Crippen molar-refractivity contribution in [2.75, 3.05) is 0 Å². The van der Waals surface area contributed by atoms with Gasteiger partial charge in [-0.2, -0.15) is 5.26 Å². The van der Waals surface area contributed by atoms with Crippen LogP contribution < -0.4 is 0 Å². The van der Waals surface area contributed by atoms with Crippen LogP contribution in [0.5, 0.6) is 5.75 Å². The zero-order valence-corrected chi connectivity index (χ0v) is 8.90. The van der Waals surface area contributed by atoms with E-state index in [4.69, 9.17) is 5.26 Å². The monoisotopic (exact) mass is 221 g/mol. The van der Waals surface area contributed by atoms with E-state index in [9.17, 15) is 5.11 Å². The first-order chi connectivity index (χ1) is 6.74. The summed E-state index contributed by atoms with van der Waals surface area (Å²) in [4.78, 5) is 0. The number of thiol groups is 1. The van der Waals surface area contributed by atoms with Crippen molar-refractivity contribution in [3.63, 3.8) is 0 Å². The summed E-state index contributed by atoms with van der Waals surface area (Å²) < 4.78 is 1.56. The maximum absolute atomic E-state index is 9.64. The highest BCUT2D eigenvalue weighted by molar-refractivity contribution is 7.83. The van der Waals surface area contributed by atoms with Crippen LogP contribution >= 0.6 is 24.0 Å². The molecule has 1 heterocycles. The van der Waals surface area contributed by atoms with Gasteiger partial charge in [0, 0.05) is 10.1 Å². The zero-order valence-electron chi connectivity index (χ0n) is 7.19. The number of benzene rings is 1. The number of hydrogen-bond acceptors (Lipinski definition) is 4. The lowest BCUT2D eigenvalue weighted by molar-refractivity contribution is 0.473. The van der Waals surface area contributed by atoms with Gasteiger partial charge in [0.15, 0.2) is 0 Å². The number of nitrogens with zero attached hydrogens (tertiary/aromatic N) is 1. The zero-order chi connectivity index (χ0) is 10.1. The van der Waals surface area contributed by atoms with E-state index in [1.54, 1.807) is 0 Å². The Bertz CT molecular complexity index is 525. The second kappa shape index (κ2) is 3.52. The number of aromatic hydroxyl groups is 1. The molecule has 0 radical (unpaired) electrons. The molecule has 0 fully saturated rings. The second-order valence-corrected chi connectivity index (χ2v) is 4.65. The van der Waals surface area contributed by atoms with Crippen molar-refractivity contribution in [2.24, 2.45) is 0 Å². The fourth-order valence-corrected chi connectivity index (χ4v) is 2.72. The summed E-state index contributed by atoms with van der Waals surface area (Å²) in [6.45, 7) is 0.